The second-order valence-corrected chi connectivity index (χ2v) is 9.26. The number of nitrogens with one attached hydrogen (secondary N) is 1. The highest BCUT2D eigenvalue weighted by Crippen LogP contribution is 2.35. The first-order valence-electron chi connectivity index (χ1n) is 11.9. The molecule has 170 valence electrons. The van der Waals surface area contributed by atoms with E-state index in [2.05, 4.69) is 117 Å². The van der Waals surface area contributed by atoms with Crippen molar-refractivity contribution >= 4 is 16.8 Å². The number of rotatable bonds is 8. The molecule has 0 aliphatic rings. The maximum Gasteiger partial charge on any atom is 0.221 e. The SMILES string of the molecule is CC[C@H](C)NC(=O)C[C@H](c1cccc(C)c1)c1cn(Cc2ccc(C)cc2)c2ccccc12. The van der Waals surface area contributed by atoms with E-state index in [0.717, 1.165) is 13.0 Å². The minimum Gasteiger partial charge on any atom is -0.354 e. The first-order chi connectivity index (χ1) is 15.9. The number of aromatic nitrogens is 1. The largest absolute Gasteiger partial charge is 0.354 e. The van der Waals surface area contributed by atoms with Gasteiger partial charge in [-0.1, -0.05) is 84.8 Å². The van der Waals surface area contributed by atoms with Crippen molar-refractivity contribution in [1.82, 2.24) is 9.88 Å². The lowest BCUT2D eigenvalue weighted by atomic mass is 9.87. The zero-order valence-electron chi connectivity index (χ0n) is 20.1. The lowest BCUT2D eigenvalue weighted by Gasteiger charge is -2.19. The number of para-hydroxylation sites is 1. The molecule has 0 aliphatic carbocycles. The van der Waals surface area contributed by atoms with E-state index in [1.807, 2.05) is 0 Å². The van der Waals surface area contributed by atoms with Crippen molar-refractivity contribution in [2.45, 2.75) is 59.0 Å². The van der Waals surface area contributed by atoms with Crippen LogP contribution >= 0.6 is 0 Å². The fraction of sp³-hybridized carbons (Fsp3) is 0.300. The molecule has 4 rings (SSSR count). The van der Waals surface area contributed by atoms with Crippen molar-refractivity contribution in [3.63, 3.8) is 0 Å². The number of hydrogen-bond acceptors (Lipinski definition) is 1. The molecule has 0 unspecified atom stereocenters. The Bertz CT molecular complexity index is 1240. The van der Waals surface area contributed by atoms with E-state index in [9.17, 15) is 4.79 Å². The van der Waals surface area contributed by atoms with Gasteiger partial charge in [-0.2, -0.15) is 0 Å². The smallest absolute Gasteiger partial charge is 0.221 e. The molecule has 1 N–H and O–H groups in total. The fourth-order valence-electron chi connectivity index (χ4n) is 4.49. The third-order valence-electron chi connectivity index (χ3n) is 6.52. The van der Waals surface area contributed by atoms with E-state index in [0.29, 0.717) is 6.42 Å². The molecular weight excluding hydrogens is 404 g/mol. The normalized spacial score (nSPS) is 13.1. The third-order valence-corrected chi connectivity index (χ3v) is 6.52. The molecule has 0 fully saturated rings. The summed E-state index contributed by atoms with van der Waals surface area (Å²) in [6.07, 6.45) is 3.62. The van der Waals surface area contributed by atoms with Crippen molar-refractivity contribution < 1.29 is 4.79 Å². The maximum atomic E-state index is 13.0. The number of fused-ring (bicyclic) bond motifs is 1. The van der Waals surface area contributed by atoms with E-state index in [4.69, 9.17) is 0 Å². The summed E-state index contributed by atoms with van der Waals surface area (Å²) in [7, 11) is 0. The van der Waals surface area contributed by atoms with Crippen LogP contribution in [-0.2, 0) is 11.3 Å². The summed E-state index contributed by atoms with van der Waals surface area (Å²) in [6, 6.07) is 26.0. The highest BCUT2D eigenvalue weighted by Gasteiger charge is 2.23. The van der Waals surface area contributed by atoms with Crippen molar-refractivity contribution in [3.8, 4) is 0 Å². The molecular formula is C30H34N2O. The summed E-state index contributed by atoms with van der Waals surface area (Å²) >= 11 is 0. The second kappa shape index (κ2) is 10.1. The van der Waals surface area contributed by atoms with Crippen molar-refractivity contribution in [2.24, 2.45) is 0 Å². The zero-order chi connectivity index (χ0) is 23.4. The monoisotopic (exact) mass is 438 g/mol. The predicted molar refractivity (Wildman–Crippen MR) is 138 cm³/mol. The molecule has 3 heteroatoms. The topological polar surface area (TPSA) is 34.0 Å². The highest BCUT2D eigenvalue weighted by atomic mass is 16.1. The molecule has 3 aromatic carbocycles. The van der Waals surface area contributed by atoms with Gasteiger partial charge in [0.25, 0.3) is 0 Å². The molecule has 33 heavy (non-hydrogen) atoms. The van der Waals surface area contributed by atoms with Crippen LogP contribution in [0.2, 0.25) is 0 Å². The Morgan fingerprint density at radius 3 is 2.42 bits per heavy atom. The molecule has 0 radical (unpaired) electrons. The Labute approximate surface area is 197 Å². The average Bonchev–Trinajstić information content (AvgIpc) is 3.17. The lowest BCUT2D eigenvalue weighted by molar-refractivity contribution is -0.121. The van der Waals surface area contributed by atoms with Crippen LogP contribution in [0.15, 0.2) is 79.0 Å². The summed E-state index contributed by atoms with van der Waals surface area (Å²) < 4.78 is 2.32. The van der Waals surface area contributed by atoms with Gasteiger partial charge in [0.2, 0.25) is 5.91 Å². The number of benzene rings is 3. The van der Waals surface area contributed by atoms with Crippen LogP contribution < -0.4 is 5.32 Å². The molecule has 0 bridgehead atoms. The summed E-state index contributed by atoms with van der Waals surface area (Å²) in [5.41, 5.74) is 7.35. The van der Waals surface area contributed by atoms with Crippen molar-refractivity contribution in [1.29, 1.82) is 0 Å². The standard InChI is InChI=1S/C30H34N2O/c1-5-23(4)31-30(33)18-27(25-10-8-9-22(3)17-25)28-20-32(29-12-7-6-11-26(28)29)19-24-15-13-21(2)14-16-24/h6-17,20,23,27H,5,18-19H2,1-4H3,(H,31,33)/t23-,27+/m0/s1. The Balaban J connectivity index is 1.77. The molecule has 1 aromatic heterocycles. The van der Waals surface area contributed by atoms with E-state index in [-0.39, 0.29) is 17.9 Å². The zero-order valence-corrected chi connectivity index (χ0v) is 20.1. The second-order valence-electron chi connectivity index (χ2n) is 9.26. The van der Waals surface area contributed by atoms with Crippen molar-refractivity contribution in [3.05, 3.63) is 107 Å². The Hall–Kier alpha value is -3.33. The molecule has 0 saturated carbocycles. The van der Waals surface area contributed by atoms with Gasteiger partial charge >= 0.3 is 0 Å². The highest BCUT2D eigenvalue weighted by molar-refractivity contribution is 5.87. The predicted octanol–water partition coefficient (Wildman–Crippen LogP) is 6.74. The molecule has 1 heterocycles. The van der Waals surface area contributed by atoms with Gasteiger partial charge in [-0.3, -0.25) is 4.79 Å². The van der Waals surface area contributed by atoms with Crippen LogP contribution in [-0.4, -0.2) is 16.5 Å². The Morgan fingerprint density at radius 1 is 0.939 bits per heavy atom. The van der Waals surface area contributed by atoms with E-state index < -0.39 is 0 Å². The number of hydrogen-bond donors (Lipinski definition) is 1. The summed E-state index contributed by atoms with van der Waals surface area (Å²) in [5.74, 6) is 0.101. The number of amides is 1. The number of aryl methyl sites for hydroxylation is 2. The number of nitrogens with zero attached hydrogens (tertiary/aromatic N) is 1. The van der Waals surface area contributed by atoms with Crippen LogP contribution in [0.3, 0.4) is 0 Å². The molecule has 0 saturated heterocycles. The van der Waals surface area contributed by atoms with Gasteiger partial charge in [0.1, 0.15) is 0 Å². The van der Waals surface area contributed by atoms with E-state index in [1.54, 1.807) is 0 Å². The average molecular weight is 439 g/mol. The van der Waals surface area contributed by atoms with Gasteiger partial charge in [-0.15, -0.1) is 0 Å². The van der Waals surface area contributed by atoms with Crippen LogP contribution in [0, 0.1) is 13.8 Å². The summed E-state index contributed by atoms with van der Waals surface area (Å²) in [4.78, 5) is 13.0. The molecule has 0 spiro atoms. The van der Waals surface area contributed by atoms with Crippen LogP contribution in [0.4, 0.5) is 0 Å². The first kappa shape index (κ1) is 22.8. The third kappa shape index (κ3) is 5.36. The van der Waals surface area contributed by atoms with E-state index >= 15 is 0 Å². The summed E-state index contributed by atoms with van der Waals surface area (Å²) in [6.45, 7) is 9.19. The van der Waals surface area contributed by atoms with Gasteiger partial charge in [0.15, 0.2) is 0 Å². The van der Waals surface area contributed by atoms with Crippen LogP contribution in [0.25, 0.3) is 10.9 Å². The van der Waals surface area contributed by atoms with Gasteiger partial charge in [-0.05, 0) is 49.9 Å². The molecule has 1 amide bonds. The lowest BCUT2D eigenvalue weighted by Crippen LogP contribution is -2.33. The van der Waals surface area contributed by atoms with Crippen molar-refractivity contribution in [2.75, 3.05) is 0 Å². The number of carbonyl (C=O) groups is 1. The summed E-state index contributed by atoms with van der Waals surface area (Å²) in [5, 5.41) is 4.38. The van der Waals surface area contributed by atoms with Gasteiger partial charge in [0, 0.05) is 42.0 Å². The van der Waals surface area contributed by atoms with Gasteiger partial charge < -0.3 is 9.88 Å². The fourth-order valence-corrected chi connectivity index (χ4v) is 4.49. The molecule has 3 nitrogen and oxygen atoms in total. The van der Waals surface area contributed by atoms with E-state index in [1.165, 1.54) is 38.7 Å². The van der Waals surface area contributed by atoms with Gasteiger partial charge in [0.05, 0.1) is 0 Å². The quantitative estimate of drug-likeness (QED) is 0.325. The maximum absolute atomic E-state index is 13.0. The van der Waals surface area contributed by atoms with Crippen LogP contribution in [0.5, 0.6) is 0 Å². The molecule has 4 aromatic rings. The molecule has 2 atom stereocenters. The first-order valence-corrected chi connectivity index (χ1v) is 11.9. The number of carbonyl (C=O) groups excluding carboxylic acids is 1. The van der Waals surface area contributed by atoms with Crippen LogP contribution in [0.1, 0.15) is 60.4 Å². The Morgan fingerprint density at radius 2 is 1.70 bits per heavy atom. The minimum atomic E-state index is -0.00174. The van der Waals surface area contributed by atoms with Gasteiger partial charge in [-0.25, -0.2) is 0 Å². The molecule has 0 aliphatic heterocycles. The minimum absolute atomic E-state index is 0.00174. The Kier molecular flexibility index (Phi) is 6.98.